The first-order valence-corrected chi connectivity index (χ1v) is 19.7. The molecule has 2 amide bonds. The summed E-state index contributed by atoms with van der Waals surface area (Å²) in [7, 11) is 0. The minimum absolute atomic E-state index is 0.00623. The van der Waals surface area contributed by atoms with Crippen LogP contribution in [0, 0.1) is 23.7 Å². The van der Waals surface area contributed by atoms with Crippen LogP contribution in [0.2, 0.25) is 0 Å². The number of allylic oxidation sites excluding steroid dienone is 9. The molecule has 0 saturated heterocycles. The fourth-order valence-corrected chi connectivity index (χ4v) is 6.04. The largest absolute Gasteiger partial charge is 0.460 e. The van der Waals surface area contributed by atoms with Crippen LogP contribution < -0.4 is 10.6 Å². The predicted octanol–water partition coefficient (Wildman–Crippen LogP) is 9.07. The number of carbonyl (C=O) groups is 4. The van der Waals surface area contributed by atoms with Gasteiger partial charge in [0, 0.05) is 43.3 Å². The van der Waals surface area contributed by atoms with Crippen LogP contribution in [0.5, 0.6) is 0 Å². The van der Waals surface area contributed by atoms with Gasteiger partial charge in [0.2, 0.25) is 11.8 Å². The van der Waals surface area contributed by atoms with Crippen molar-refractivity contribution in [2.24, 2.45) is 23.7 Å². The number of aliphatic hydroxyl groups excluding tert-OH is 1. The lowest BCUT2D eigenvalue weighted by molar-refractivity contribution is -0.132. The van der Waals surface area contributed by atoms with Gasteiger partial charge in [-0.3, -0.25) is 19.2 Å². The maximum Gasteiger partial charge on any atom is 0.293 e. The lowest BCUT2D eigenvalue weighted by Gasteiger charge is -2.25. The predicted molar refractivity (Wildman–Crippen MR) is 215 cm³/mol. The fourth-order valence-electron chi connectivity index (χ4n) is 6.04. The Morgan fingerprint density at radius 2 is 1.54 bits per heavy atom. The Hall–Kier alpha value is -3.52. The van der Waals surface area contributed by atoms with Crippen molar-refractivity contribution in [2.75, 3.05) is 13.1 Å². The zero-order valence-electron chi connectivity index (χ0n) is 33.9. The van der Waals surface area contributed by atoms with Crippen molar-refractivity contribution in [3.63, 3.8) is 0 Å². The summed E-state index contributed by atoms with van der Waals surface area (Å²) >= 11 is 0. The average Bonchev–Trinajstić information content (AvgIpc) is 3.11. The normalized spacial score (nSPS) is 16.5. The molecule has 0 aliphatic heterocycles. The molecular formula is C44H72N2O6. The van der Waals surface area contributed by atoms with E-state index in [1.807, 2.05) is 78.0 Å². The van der Waals surface area contributed by atoms with E-state index < -0.39 is 12.0 Å². The molecule has 6 atom stereocenters. The number of rotatable bonds is 29. The summed E-state index contributed by atoms with van der Waals surface area (Å²) in [5.74, 6) is -0.979. The van der Waals surface area contributed by atoms with Crippen molar-refractivity contribution in [1.29, 1.82) is 0 Å². The van der Waals surface area contributed by atoms with Gasteiger partial charge in [0.15, 0.2) is 0 Å². The number of carbonyl (C=O) groups excluding carboxylic acids is 4. The van der Waals surface area contributed by atoms with E-state index in [2.05, 4.69) is 36.6 Å². The quantitative estimate of drug-likeness (QED) is 0.0233. The summed E-state index contributed by atoms with van der Waals surface area (Å²) in [4.78, 5) is 48.2. The standard InChI is InChI=1S/C44H72N2O6/c1-10-13-24-41(48)45-27-19-14-15-20-28-46-42(49)31-34(5)30-37(8)44(51)38(9)43(50)36(7)29-33(4)22-17-16-18-23-39(12-3)25-26-40(52-32-47)35(6)21-11-2/h11,17,21-23,25-26,29,31-32,35-38,40,44,51H,10,12-16,18-20,24,27-28,30H2,1-9H3,(H,45,48)(H,46,49)/b21-11-,22-17+,26-25+,33-29+,34-31+,39-23-. The first-order valence-electron chi connectivity index (χ1n) is 19.7. The molecule has 0 bridgehead atoms. The van der Waals surface area contributed by atoms with E-state index in [4.69, 9.17) is 4.74 Å². The van der Waals surface area contributed by atoms with Crippen LogP contribution in [0.1, 0.15) is 133 Å². The number of ether oxygens (including phenoxy) is 1. The number of nitrogens with one attached hydrogen (secondary N) is 2. The smallest absolute Gasteiger partial charge is 0.293 e. The fraction of sp³-hybridized carbons (Fsp3) is 0.636. The Balaban J connectivity index is 4.73. The van der Waals surface area contributed by atoms with E-state index in [0.717, 1.165) is 68.9 Å². The minimum atomic E-state index is -0.817. The highest BCUT2D eigenvalue weighted by molar-refractivity contribution is 5.88. The summed E-state index contributed by atoms with van der Waals surface area (Å²) < 4.78 is 5.25. The van der Waals surface area contributed by atoms with Gasteiger partial charge in [-0.2, -0.15) is 0 Å². The van der Waals surface area contributed by atoms with Crippen LogP contribution in [-0.2, 0) is 23.9 Å². The Bertz CT molecular complexity index is 1230. The Labute approximate surface area is 316 Å². The number of hydrogen-bond donors (Lipinski definition) is 3. The van der Waals surface area contributed by atoms with E-state index in [1.165, 1.54) is 5.57 Å². The van der Waals surface area contributed by atoms with Gasteiger partial charge in [-0.25, -0.2) is 0 Å². The van der Waals surface area contributed by atoms with Gasteiger partial charge in [-0.05, 0) is 77.7 Å². The second-order valence-corrected chi connectivity index (χ2v) is 14.3. The molecule has 0 aromatic carbocycles. The van der Waals surface area contributed by atoms with Crippen molar-refractivity contribution in [3.05, 3.63) is 71.4 Å². The van der Waals surface area contributed by atoms with Crippen molar-refractivity contribution in [3.8, 4) is 0 Å². The SMILES string of the molecule is C/C=C\C(C)C(/C=C/C(=C\CC/C=C/C(C)=C/C(C)C(=O)C(C)C(O)C(C)C/C(C)=C/C(=O)NCCCCCCNC(=O)CCCC)CC)OC=O. The maximum absolute atomic E-state index is 13.2. The molecule has 0 radical (unpaired) electrons. The van der Waals surface area contributed by atoms with E-state index in [1.54, 1.807) is 13.0 Å². The third kappa shape index (κ3) is 23.1. The third-order valence-electron chi connectivity index (χ3n) is 9.27. The second-order valence-electron chi connectivity index (χ2n) is 14.3. The Morgan fingerprint density at radius 1 is 0.865 bits per heavy atom. The highest BCUT2D eigenvalue weighted by Gasteiger charge is 2.29. The molecule has 0 rings (SSSR count). The highest BCUT2D eigenvalue weighted by atomic mass is 16.5. The number of aliphatic hydroxyl groups is 1. The Kier molecular flexibility index (Phi) is 28.0. The zero-order chi connectivity index (χ0) is 39.3. The summed E-state index contributed by atoms with van der Waals surface area (Å²) in [5, 5.41) is 16.9. The van der Waals surface area contributed by atoms with E-state index >= 15 is 0 Å². The molecule has 6 unspecified atom stereocenters. The number of Topliss-reactive ketones (excluding diaryl/α,β-unsaturated/α-hetero) is 1. The van der Waals surface area contributed by atoms with Crippen molar-refractivity contribution < 1.29 is 29.0 Å². The third-order valence-corrected chi connectivity index (χ3v) is 9.27. The van der Waals surface area contributed by atoms with Crippen molar-refractivity contribution >= 4 is 24.1 Å². The lowest BCUT2D eigenvalue weighted by atomic mass is 9.83. The summed E-state index contributed by atoms with van der Waals surface area (Å²) in [6.07, 6.45) is 26.2. The van der Waals surface area contributed by atoms with E-state index in [-0.39, 0.29) is 41.5 Å². The molecule has 0 aromatic heterocycles. The molecule has 0 heterocycles. The van der Waals surface area contributed by atoms with Crippen LogP contribution in [0.4, 0.5) is 0 Å². The summed E-state index contributed by atoms with van der Waals surface area (Å²) in [6.45, 7) is 19.4. The molecule has 0 saturated carbocycles. The first-order chi connectivity index (χ1) is 24.8. The van der Waals surface area contributed by atoms with E-state index in [9.17, 15) is 24.3 Å². The molecule has 8 nitrogen and oxygen atoms in total. The zero-order valence-corrected chi connectivity index (χ0v) is 33.9. The van der Waals surface area contributed by atoms with Gasteiger partial charge in [-0.15, -0.1) is 0 Å². The highest BCUT2D eigenvalue weighted by Crippen LogP contribution is 2.24. The first kappa shape index (κ1) is 48.5. The van der Waals surface area contributed by atoms with Crippen molar-refractivity contribution in [1.82, 2.24) is 10.6 Å². The summed E-state index contributed by atoms with van der Waals surface area (Å²) in [5.41, 5.74) is 3.05. The van der Waals surface area contributed by atoms with Gasteiger partial charge in [0.05, 0.1) is 6.10 Å². The molecule has 0 aliphatic rings. The maximum atomic E-state index is 13.2. The topological polar surface area (TPSA) is 122 Å². The van der Waals surface area contributed by atoms with Gasteiger partial charge in [0.1, 0.15) is 11.9 Å². The molecule has 3 N–H and O–H groups in total. The number of ketones is 1. The molecule has 0 aromatic rings. The number of amides is 2. The monoisotopic (exact) mass is 725 g/mol. The molecule has 8 heteroatoms. The van der Waals surface area contributed by atoms with Gasteiger partial charge < -0.3 is 20.5 Å². The van der Waals surface area contributed by atoms with Crippen molar-refractivity contribution in [2.45, 2.75) is 145 Å². The van der Waals surface area contributed by atoms with Crippen LogP contribution in [-0.4, -0.2) is 54.5 Å². The van der Waals surface area contributed by atoms with Gasteiger partial charge in [0.25, 0.3) is 6.47 Å². The molecular weight excluding hydrogens is 652 g/mol. The van der Waals surface area contributed by atoms with E-state index in [0.29, 0.717) is 32.4 Å². The molecule has 0 aliphatic carbocycles. The molecule has 52 heavy (non-hydrogen) atoms. The average molecular weight is 725 g/mol. The molecule has 0 spiro atoms. The number of hydrogen-bond acceptors (Lipinski definition) is 6. The van der Waals surface area contributed by atoms with Crippen LogP contribution in [0.25, 0.3) is 0 Å². The second kappa shape index (κ2) is 30.0. The summed E-state index contributed by atoms with van der Waals surface area (Å²) in [6, 6.07) is 0. The van der Waals surface area contributed by atoms with Crippen LogP contribution >= 0.6 is 0 Å². The van der Waals surface area contributed by atoms with Crippen LogP contribution in [0.3, 0.4) is 0 Å². The van der Waals surface area contributed by atoms with Gasteiger partial charge >= 0.3 is 0 Å². The lowest BCUT2D eigenvalue weighted by Crippen LogP contribution is -2.34. The molecule has 0 fully saturated rings. The van der Waals surface area contributed by atoms with Crippen LogP contribution in [0.15, 0.2) is 71.4 Å². The Morgan fingerprint density at radius 3 is 2.15 bits per heavy atom. The molecule has 294 valence electrons. The number of unbranched alkanes of at least 4 members (excludes halogenated alkanes) is 5. The minimum Gasteiger partial charge on any atom is -0.460 e. The van der Waals surface area contributed by atoms with Gasteiger partial charge in [-0.1, -0.05) is 120 Å².